The van der Waals surface area contributed by atoms with Crippen molar-refractivity contribution in [3.8, 4) is 0 Å². The summed E-state index contributed by atoms with van der Waals surface area (Å²) in [5, 5.41) is 1.38. The third-order valence-electron chi connectivity index (χ3n) is 4.76. The molecule has 3 heterocycles. The van der Waals surface area contributed by atoms with Crippen LogP contribution in [0.25, 0.3) is 10.9 Å². The number of likely N-dealkylation sites (tertiary alicyclic amines) is 1. The van der Waals surface area contributed by atoms with Gasteiger partial charge in [-0.05, 0) is 43.2 Å². The fourth-order valence-corrected chi connectivity index (χ4v) is 3.59. The number of nitrogens with zero attached hydrogens (tertiary/aromatic N) is 2. The predicted molar refractivity (Wildman–Crippen MR) is 91.1 cm³/mol. The van der Waals surface area contributed by atoms with Crippen LogP contribution < -0.4 is 0 Å². The van der Waals surface area contributed by atoms with E-state index < -0.39 is 0 Å². The number of ether oxygens (including phenoxy) is 2. The lowest BCUT2D eigenvalue weighted by atomic mass is 9.95. The average molecular weight is 347 g/mol. The molecule has 0 atom stereocenters. The number of hydrogen-bond donors (Lipinski definition) is 0. The lowest BCUT2D eigenvalue weighted by Crippen LogP contribution is -2.41. The van der Waals surface area contributed by atoms with Gasteiger partial charge in [0.05, 0.1) is 18.7 Å². The van der Waals surface area contributed by atoms with E-state index in [2.05, 4.69) is 4.98 Å². The zero-order valence-corrected chi connectivity index (χ0v) is 14.0. The Labute approximate surface area is 145 Å². The molecular formula is C18H19ClN2O3. The highest BCUT2D eigenvalue weighted by Gasteiger charge is 2.32. The van der Waals surface area contributed by atoms with Gasteiger partial charge in [0.1, 0.15) is 5.15 Å². The fourth-order valence-electron chi connectivity index (χ4n) is 3.44. The first-order chi connectivity index (χ1) is 11.7. The van der Waals surface area contributed by atoms with Crippen LogP contribution in [-0.2, 0) is 9.47 Å². The van der Waals surface area contributed by atoms with Gasteiger partial charge in [-0.15, -0.1) is 0 Å². The monoisotopic (exact) mass is 346 g/mol. The molecule has 6 heteroatoms. The molecule has 2 aromatic rings. The van der Waals surface area contributed by atoms with Gasteiger partial charge in [-0.25, -0.2) is 4.98 Å². The molecule has 2 aliphatic heterocycles. The van der Waals surface area contributed by atoms with E-state index in [1.165, 1.54) is 0 Å². The summed E-state index contributed by atoms with van der Waals surface area (Å²) in [5.74, 6) is 0.457. The average Bonchev–Trinajstić information content (AvgIpc) is 3.15. The van der Waals surface area contributed by atoms with Gasteiger partial charge in [-0.3, -0.25) is 4.79 Å². The Kier molecular flexibility index (Phi) is 4.39. The first kappa shape index (κ1) is 15.8. The highest BCUT2D eigenvalue weighted by molar-refractivity contribution is 6.29. The molecule has 2 fully saturated rings. The normalized spacial score (nSPS) is 20.0. The molecule has 0 aliphatic carbocycles. The summed E-state index contributed by atoms with van der Waals surface area (Å²) in [4.78, 5) is 18.9. The highest BCUT2D eigenvalue weighted by atomic mass is 35.5. The standard InChI is InChI=1S/C18H19ClN2O3/c19-16-4-2-13-11-14(1-3-15(13)20-16)17(22)21-7-5-12(6-8-21)18-23-9-10-24-18/h1-4,11-12,18H,5-10H2. The van der Waals surface area contributed by atoms with Crippen LogP contribution in [0.2, 0.25) is 5.15 Å². The molecule has 1 aromatic carbocycles. The van der Waals surface area contributed by atoms with Gasteiger partial charge in [0.25, 0.3) is 5.91 Å². The van der Waals surface area contributed by atoms with Crippen LogP contribution in [-0.4, -0.2) is 48.4 Å². The quantitative estimate of drug-likeness (QED) is 0.784. The molecule has 0 unspecified atom stereocenters. The molecule has 0 saturated carbocycles. The first-order valence-electron chi connectivity index (χ1n) is 8.29. The minimum atomic E-state index is -0.0845. The largest absolute Gasteiger partial charge is 0.350 e. The Morgan fingerprint density at radius 3 is 2.62 bits per heavy atom. The van der Waals surface area contributed by atoms with Gasteiger partial charge >= 0.3 is 0 Å². The zero-order chi connectivity index (χ0) is 16.5. The number of carbonyl (C=O) groups excluding carboxylic acids is 1. The van der Waals surface area contributed by atoms with E-state index in [-0.39, 0.29) is 12.2 Å². The Balaban J connectivity index is 1.45. The molecule has 2 aliphatic rings. The maximum Gasteiger partial charge on any atom is 0.253 e. The number of aromatic nitrogens is 1. The third kappa shape index (κ3) is 3.11. The molecule has 24 heavy (non-hydrogen) atoms. The molecule has 0 bridgehead atoms. The lowest BCUT2D eigenvalue weighted by molar-refractivity contribution is -0.0956. The van der Waals surface area contributed by atoms with Crippen molar-refractivity contribution < 1.29 is 14.3 Å². The number of benzene rings is 1. The number of piperidine rings is 1. The second-order valence-electron chi connectivity index (χ2n) is 6.28. The maximum atomic E-state index is 12.8. The summed E-state index contributed by atoms with van der Waals surface area (Å²) in [7, 11) is 0. The molecule has 0 spiro atoms. The van der Waals surface area contributed by atoms with Gasteiger partial charge in [-0.1, -0.05) is 11.6 Å². The lowest BCUT2D eigenvalue weighted by Gasteiger charge is -2.33. The van der Waals surface area contributed by atoms with E-state index >= 15 is 0 Å². The Morgan fingerprint density at radius 1 is 1.12 bits per heavy atom. The second kappa shape index (κ2) is 6.67. The number of amides is 1. The SMILES string of the molecule is O=C(c1ccc2nc(Cl)ccc2c1)N1CCC(C2OCCO2)CC1. The molecular weight excluding hydrogens is 328 g/mol. The molecule has 126 valence electrons. The van der Waals surface area contributed by atoms with Crippen molar-refractivity contribution >= 4 is 28.4 Å². The van der Waals surface area contributed by atoms with Crippen LogP contribution in [0.15, 0.2) is 30.3 Å². The fraction of sp³-hybridized carbons (Fsp3) is 0.444. The summed E-state index contributed by atoms with van der Waals surface area (Å²) >= 11 is 5.90. The highest BCUT2D eigenvalue weighted by Crippen LogP contribution is 2.27. The van der Waals surface area contributed by atoms with Crippen molar-refractivity contribution in [2.75, 3.05) is 26.3 Å². The number of carbonyl (C=O) groups is 1. The summed E-state index contributed by atoms with van der Waals surface area (Å²) < 4.78 is 11.2. The molecule has 1 amide bonds. The minimum absolute atomic E-state index is 0.0681. The summed E-state index contributed by atoms with van der Waals surface area (Å²) in [6, 6.07) is 9.19. The molecule has 2 saturated heterocycles. The number of fused-ring (bicyclic) bond motifs is 1. The van der Waals surface area contributed by atoms with Gasteiger partial charge < -0.3 is 14.4 Å². The van der Waals surface area contributed by atoms with Gasteiger partial charge in [0.2, 0.25) is 0 Å². The number of pyridine rings is 1. The van der Waals surface area contributed by atoms with Crippen LogP contribution in [0.3, 0.4) is 0 Å². The van der Waals surface area contributed by atoms with Crippen molar-refractivity contribution in [2.24, 2.45) is 5.92 Å². The van der Waals surface area contributed by atoms with Crippen LogP contribution in [0, 0.1) is 5.92 Å². The number of halogens is 1. The molecule has 1 aromatic heterocycles. The topological polar surface area (TPSA) is 51.7 Å². The van der Waals surface area contributed by atoms with Crippen LogP contribution in [0.5, 0.6) is 0 Å². The Hall–Kier alpha value is -1.69. The Morgan fingerprint density at radius 2 is 1.88 bits per heavy atom. The van der Waals surface area contributed by atoms with Gasteiger partial charge in [0.15, 0.2) is 6.29 Å². The predicted octanol–water partition coefficient (Wildman–Crippen LogP) is 3.11. The van der Waals surface area contributed by atoms with Crippen molar-refractivity contribution in [3.05, 3.63) is 41.0 Å². The number of hydrogen-bond acceptors (Lipinski definition) is 4. The summed E-state index contributed by atoms with van der Waals surface area (Å²) in [5.41, 5.74) is 1.49. The smallest absolute Gasteiger partial charge is 0.253 e. The van der Waals surface area contributed by atoms with Gasteiger partial charge in [0, 0.05) is 30.0 Å². The van der Waals surface area contributed by atoms with Gasteiger partial charge in [-0.2, -0.15) is 0 Å². The van der Waals surface area contributed by atoms with Crippen LogP contribution in [0.1, 0.15) is 23.2 Å². The molecule has 4 rings (SSSR count). The maximum absolute atomic E-state index is 12.8. The minimum Gasteiger partial charge on any atom is -0.350 e. The number of rotatable bonds is 2. The molecule has 0 N–H and O–H groups in total. The van der Waals surface area contributed by atoms with E-state index in [1.54, 1.807) is 6.07 Å². The van der Waals surface area contributed by atoms with Crippen LogP contribution in [0.4, 0.5) is 0 Å². The zero-order valence-electron chi connectivity index (χ0n) is 13.3. The van der Waals surface area contributed by atoms with E-state index in [0.29, 0.717) is 29.8 Å². The van der Waals surface area contributed by atoms with E-state index in [4.69, 9.17) is 21.1 Å². The van der Waals surface area contributed by atoms with E-state index in [9.17, 15) is 4.79 Å². The molecule has 0 radical (unpaired) electrons. The van der Waals surface area contributed by atoms with E-state index in [0.717, 1.165) is 36.8 Å². The van der Waals surface area contributed by atoms with E-state index in [1.807, 2.05) is 29.2 Å². The van der Waals surface area contributed by atoms with Crippen molar-refractivity contribution in [1.82, 2.24) is 9.88 Å². The summed E-state index contributed by atoms with van der Waals surface area (Å²) in [6.45, 7) is 2.84. The second-order valence-corrected chi connectivity index (χ2v) is 6.67. The molecule has 5 nitrogen and oxygen atoms in total. The van der Waals surface area contributed by atoms with Crippen molar-refractivity contribution in [1.29, 1.82) is 0 Å². The van der Waals surface area contributed by atoms with Crippen molar-refractivity contribution in [2.45, 2.75) is 19.1 Å². The summed E-state index contributed by atoms with van der Waals surface area (Å²) in [6.07, 6.45) is 1.75. The van der Waals surface area contributed by atoms with Crippen molar-refractivity contribution in [3.63, 3.8) is 0 Å². The third-order valence-corrected chi connectivity index (χ3v) is 4.97. The van der Waals surface area contributed by atoms with Crippen LogP contribution >= 0.6 is 11.6 Å². The Bertz CT molecular complexity index is 753. The first-order valence-corrected chi connectivity index (χ1v) is 8.67.